The number of amides is 1. The highest BCUT2D eigenvalue weighted by atomic mass is 35.5. The predicted molar refractivity (Wildman–Crippen MR) is 44.9 cm³/mol. The average Bonchev–Trinajstić information content (AvgIpc) is 2.00. The van der Waals surface area contributed by atoms with Crippen LogP contribution < -0.4 is 5.73 Å². The summed E-state index contributed by atoms with van der Waals surface area (Å²) in [5.74, 6) is -2.69. The van der Waals surface area contributed by atoms with Gasteiger partial charge >= 0.3 is 6.18 Å². The molecule has 0 aliphatic heterocycles. The lowest BCUT2D eigenvalue weighted by Crippen LogP contribution is -2.16. The van der Waals surface area contributed by atoms with Crippen LogP contribution in [0.4, 0.5) is 17.6 Å². The van der Waals surface area contributed by atoms with E-state index in [1.165, 1.54) is 0 Å². The quantitative estimate of drug-likeness (QED) is 0.755. The van der Waals surface area contributed by atoms with E-state index in [9.17, 15) is 22.4 Å². The molecule has 0 unspecified atom stereocenters. The van der Waals surface area contributed by atoms with Gasteiger partial charge in [0.1, 0.15) is 11.4 Å². The lowest BCUT2D eigenvalue weighted by Gasteiger charge is -2.11. The average molecular weight is 242 g/mol. The van der Waals surface area contributed by atoms with E-state index in [0.717, 1.165) is 6.07 Å². The molecule has 1 amide bonds. The van der Waals surface area contributed by atoms with E-state index in [2.05, 4.69) is 0 Å². The first-order valence-corrected chi connectivity index (χ1v) is 3.98. The highest BCUT2D eigenvalue weighted by molar-refractivity contribution is 6.34. The molecule has 0 bridgehead atoms. The smallest absolute Gasteiger partial charge is 0.366 e. The molecule has 0 saturated heterocycles. The van der Waals surface area contributed by atoms with E-state index >= 15 is 0 Å². The van der Waals surface area contributed by atoms with Crippen LogP contribution in [0, 0.1) is 5.82 Å². The molecule has 1 rings (SSSR count). The topological polar surface area (TPSA) is 43.1 Å². The minimum absolute atomic E-state index is 0.495. The number of hydrogen-bond donors (Lipinski definition) is 1. The number of carbonyl (C=O) groups excluding carboxylic acids is 1. The summed E-state index contributed by atoms with van der Waals surface area (Å²) in [4.78, 5) is 10.7. The minimum atomic E-state index is -4.97. The van der Waals surface area contributed by atoms with Gasteiger partial charge in [0.15, 0.2) is 0 Å². The van der Waals surface area contributed by atoms with E-state index in [-0.39, 0.29) is 0 Å². The molecule has 2 N–H and O–H groups in total. The number of rotatable bonds is 1. The Balaban J connectivity index is 3.51. The van der Waals surface area contributed by atoms with Gasteiger partial charge in [0.25, 0.3) is 0 Å². The molecular formula is C8H4ClF4NO. The van der Waals surface area contributed by atoms with Crippen molar-refractivity contribution in [3.8, 4) is 0 Å². The molecule has 15 heavy (non-hydrogen) atoms. The van der Waals surface area contributed by atoms with Crippen molar-refractivity contribution in [1.82, 2.24) is 0 Å². The van der Waals surface area contributed by atoms with Crippen LogP contribution in [-0.2, 0) is 6.18 Å². The third-order valence-corrected chi connectivity index (χ3v) is 2.03. The molecule has 0 atom stereocenters. The highest BCUT2D eigenvalue weighted by Crippen LogP contribution is 2.37. The van der Waals surface area contributed by atoms with Crippen LogP contribution in [0.5, 0.6) is 0 Å². The number of alkyl halides is 3. The molecule has 0 aromatic heterocycles. The number of benzene rings is 1. The molecular weight excluding hydrogens is 238 g/mol. The first kappa shape index (κ1) is 11.8. The summed E-state index contributed by atoms with van der Waals surface area (Å²) in [5, 5.41) is -1.02. The summed E-state index contributed by atoms with van der Waals surface area (Å²) >= 11 is 5.23. The zero-order valence-electron chi connectivity index (χ0n) is 7.03. The molecule has 0 spiro atoms. The van der Waals surface area contributed by atoms with E-state index in [1.807, 2.05) is 0 Å². The summed E-state index contributed by atoms with van der Waals surface area (Å²) in [6.07, 6.45) is -4.97. The lowest BCUT2D eigenvalue weighted by atomic mass is 10.1. The van der Waals surface area contributed by atoms with Crippen molar-refractivity contribution >= 4 is 17.5 Å². The molecule has 0 aliphatic carbocycles. The monoisotopic (exact) mass is 241 g/mol. The second kappa shape index (κ2) is 3.69. The van der Waals surface area contributed by atoms with Gasteiger partial charge in [0, 0.05) is 0 Å². The molecule has 1 aromatic carbocycles. The maximum Gasteiger partial charge on any atom is 0.420 e. The minimum Gasteiger partial charge on any atom is -0.366 e. The SMILES string of the molecule is NC(=O)c1ccc(F)c(C(F)(F)F)c1Cl. The fraction of sp³-hybridized carbons (Fsp3) is 0.125. The Labute approximate surface area is 86.6 Å². The normalized spacial score (nSPS) is 11.5. The zero-order chi connectivity index (χ0) is 11.8. The third kappa shape index (κ3) is 2.20. The van der Waals surface area contributed by atoms with E-state index in [1.54, 1.807) is 0 Å². The highest BCUT2D eigenvalue weighted by Gasteiger charge is 2.38. The largest absolute Gasteiger partial charge is 0.420 e. The molecule has 0 aliphatic rings. The first-order chi connectivity index (χ1) is 6.75. The maximum absolute atomic E-state index is 12.8. The van der Waals surface area contributed by atoms with Crippen LogP contribution in [0.25, 0.3) is 0 Å². The molecule has 1 aromatic rings. The van der Waals surface area contributed by atoms with Gasteiger partial charge in [-0.3, -0.25) is 4.79 Å². The summed E-state index contributed by atoms with van der Waals surface area (Å²) in [6, 6.07) is 1.30. The number of nitrogens with two attached hydrogens (primary N) is 1. The van der Waals surface area contributed by atoms with Crippen molar-refractivity contribution in [3.63, 3.8) is 0 Å². The fourth-order valence-electron chi connectivity index (χ4n) is 1.00. The van der Waals surface area contributed by atoms with Crippen molar-refractivity contribution in [2.45, 2.75) is 6.18 Å². The Morgan fingerprint density at radius 1 is 1.33 bits per heavy atom. The number of primary amides is 1. The van der Waals surface area contributed by atoms with Crippen LogP contribution >= 0.6 is 11.6 Å². The van der Waals surface area contributed by atoms with Crippen LogP contribution in [0.2, 0.25) is 5.02 Å². The van der Waals surface area contributed by atoms with Gasteiger partial charge in [0.05, 0.1) is 10.6 Å². The maximum atomic E-state index is 12.8. The van der Waals surface area contributed by atoms with Crippen molar-refractivity contribution in [2.24, 2.45) is 5.73 Å². The van der Waals surface area contributed by atoms with Gasteiger partial charge in [-0.1, -0.05) is 11.6 Å². The summed E-state index contributed by atoms with van der Waals surface area (Å²) in [7, 11) is 0. The van der Waals surface area contributed by atoms with Crippen LogP contribution in [0.15, 0.2) is 12.1 Å². The Morgan fingerprint density at radius 2 is 1.87 bits per heavy atom. The molecule has 0 heterocycles. The second-order valence-electron chi connectivity index (χ2n) is 2.65. The molecule has 2 nitrogen and oxygen atoms in total. The summed E-state index contributed by atoms with van der Waals surface area (Å²) in [6.45, 7) is 0. The summed E-state index contributed by atoms with van der Waals surface area (Å²) < 4.78 is 49.7. The Kier molecular flexibility index (Phi) is 2.90. The standard InChI is InChI=1S/C8H4ClF4NO/c9-6-3(7(14)15)1-2-4(10)5(6)8(11,12)13/h1-2H,(H2,14,15). The van der Waals surface area contributed by atoms with Crippen LogP contribution in [-0.4, -0.2) is 5.91 Å². The van der Waals surface area contributed by atoms with Crippen molar-refractivity contribution in [3.05, 3.63) is 34.1 Å². The van der Waals surface area contributed by atoms with Gasteiger partial charge in [-0.15, -0.1) is 0 Å². The molecule has 0 radical (unpaired) electrons. The van der Waals surface area contributed by atoms with E-state index < -0.39 is 34.1 Å². The molecule has 0 saturated carbocycles. The van der Waals surface area contributed by atoms with Crippen molar-refractivity contribution in [1.29, 1.82) is 0 Å². The number of carbonyl (C=O) groups is 1. The van der Waals surface area contributed by atoms with Crippen molar-refractivity contribution in [2.75, 3.05) is 0 Å². The van der Waals surface area contributed by atoms with Gasteiger partial charge in [-0.05, 0) is 12.1 Å². The Bertz CT molecular complexity index is 416. The fourth-order valence-corrected chi connectivity index (χ4v) is 1.36. The second-order valence-corrected chi connectivity index (χ2v) is 3.02. The van der Waals surface area contributed by atoms with Crippen molar-refractivity contribution < 1.29 is 22.4 Å². The van der Waals surface area contributed by atoms with Crippen LogP contribution in [0.3, 0.4) is 0 Å². The summed E-state index contributed by atoms with van der Waals surface area (Å²) in [5.41, 5.74) is 2.52. The third-order valence-electron chi connectivity index (χ3n) is 1.64. The Hall–Kier alpha value is -1.30. The lowest BCUT2D eigenvalue weighted by molar-refractivity contribution is -0.139. The van der Waals surface area contributed by atoms with Gasteiger partial charge < -0.3 is 5.73 Å². The van der Waals surface area contributed by atoms with E-state index in [4.69, 9.17) is 17.3 Å². The van der Waals surface area contributed by atoms with Gasteiger partial charge in [-0.2, -0.15) is 13.2 Å². The first-order valence-electron chi connectivity index (χ1n) is 3.60. The number of halogens is 5. The predicted octanol–water partition coefficient (Wildman–Crippen LogP) is 2.60. The zero-order valence-corrected chi connectivity index (χ0v) is 7.79. The van der Waals surface area contributed by atoms with Gasteiger partial charge in [-0.25, -0.2) is 4.39 Å². The Morgan fingerprint density at radius 3 is 2.27 bits per heavy atom. The van der Waals surface area contributed by atoms with Gasteiger partial charge in [0.2, 0.25) is 5.91 Å². The van der Waals surface area contributed by atoms with E-state index in [0.29, 0.717) is 6.07 Å². The molecule has 7 heteroatoms. The molecule has 0 fully saturated rings. The number of hydrogen-bond acceptors (Lipinski definition) is 1. The van der Waals surface area contributed by atoms with Crippen LogP contribution in [0.1, 0.15) is 15.9 Å². The molecule has 82 valence electrons.